The molecule has 0 bridgehead atoms. The molecule has 0 spiro atoms. The number of aryl methyl sites for hydroxylation is 1. The third kappa shape index (κ3) is 2.32. The van der Waals surface area contributed by atoms with Crippen LogP contribution in [0.25, 0.3) is 11.3 Å². The average Bonchev–Trinajstić information content (AvgIpc) is 2.37. The molecule has 0 atom stereocenters. The van der Waals surface area contributed by atoms with E-state index >= 15 is 0 Å². The van der Waals surface area contributed by atoms with Gasteiger partial charge < -0.3 is 9.84 Å². The Bertz CT molecular complexity index is 593. The maximum atomic E-state index is 11.0. The van der Waals surface area contributed by atoms with E-state index in [4.69, 9.17) is 9.84 Å². The van der Waals surface area contributed by atoms with Crippen LogP contribution in [0.5, 0.6) is 5.88 Å². The lowest BCUT2D eigenvalue weighted by molar-refractivity contribution is 0.0692. The summed E-state index contributed by atoms with van der Waals surface area (Å²) < 4.78 is 5.01. The standard InChI is InChI=1S/C14H13NO3/c1-9-4-3-5-10(8-9)12-7-6-11(14(16)17)13(15-12)18-2/h3-8H,1-2H3,(H,16,17). The molecule has 0 aliphatic heterocycles. The zero-order valence-corrected chi connectivity index (χ0v) is 10.2. The Kier molecular flexibility index (Phi) is 3.28. The first-order chi connectivity index (χ1) is 8.61. The normalized spacial score (nSPS) is 10.1. The van der Waals surface area contributed by atoms with Crippen LogP contribution < -0.4 is 4.74 Å². The fourth-order valence-electron chi connectivity index (χ4n) is 1.72. The van der Waals surface area contributed by atoms with Crippen molar-refractivity contribution in [3.63, 3.8) is 0 Å². The molecule has 0 saturated heterocycles. The van der Waals surface area contributed by atoms with Crippen LogP contribution in [-0.2, 0) is 0 Å². The van der Waals surface area contributed by atoms with Crippen LogP contribution in [0.15, 0.2) is 36.4 Å². The first-order valence-electron chi connectivity index (χ1n) is 5.47. The number of aromatic carboxylic acids is 1. The summed E-state index contributed by atoms with van der Waals surface area (Å²) in [5.74, 6) is -0.920. The van der Waals surface area contributed by atoms with Crippen molar-refractivity contribution in [2.24, 2.45) is 0 Å². The Morgan fingerprint density at radius 3 is 2.67 bits per heavy atom. The number of carbonyl (C=O) groups is 1. The van der Waals surface area contributed by atoms with E-state index in [-0.39, 0.29) is 11.4 Å². The Morgan fingerprint density at radius 1 is 1.28 bits per heavy atom. The number of ether oxygens (including phenoxy) is 1. The Labute approximate surface area is 105 Å². The quantitative estimate of drug-likeness (QED) is 0.900. The smallest absolute Gasteiger partial charge is 0.341 e. The summed E-state index contributed by atoms with van der Waals surface area (Å²) in [5, 5.41) is 8.98. The Morgan fingerprint density at radius 2 is 2.06 bits per heavy atom. The zero-order chi connectivity index (χ0) is 13.1. The number of nitrogens with zero attached hydrogens (tertiary/aromatic N) is 1. The van der Waals surface area contributed by atoms with Gasteiger partial charge in [0.05, 0.1) is 12.8 Å². The second kappa shape index (κ2) is 4.87. The van der Waals surface area contributed by atoms with E-state index in [1.807, 2.05) is 31.2 Å². The minimum atomic E-state index is -1.05. The molecule has 2 rings (SSSR count). The fourth-order valence-corrected chi connectivity index (χ4v) is 1.72. The summed E-state index contributed by atoms with van der Waals surface area (Å²) in [6, 6.07) is 11.0. The molecule has 0 radical (unpaired) electrons. The van der Waals surface area contributed by atoms with Crippen LogP contribution in [0.1, 0.15) is 15.9 Å². The minimum absolute atomic E-state index is 0.0638. The molecule has 2 aromatic rings. The Hall–Kier alpha value is -2.36. The number of pyridine rings is 1. The molecule has 1 aromatic carbocycles. The van der Waals surface area contributed by atoms with E-state index in [2.05, 4.69) is 4.98 Å². The van der Waals surface area contributed by atoms with Gasteiger partial charge in [0.25, 0.3) is 0 Å². The molecule has 1 N–H and O–H groups in total. The van der Waals surface area contributed by atoms with Gasteiger partial charge in [0.15, 0.2) is 0 Å². The van der Waals surface area contributed by atoms with Crippen molar-refractivity contribution in [2.45, 2.75) is 6.92 Å². The van der Waals surface area contributed by atoms with E-state index in [1.54, 1.807) is 6.07 Å². The summed E-state index contributed by atoms with van der Waals surface area (Å²) in [6.45, 7) is 1.99. The molecule has 0 unspecified atom stereocenters. The van der Waals surface area contributed by atoms with Crippen molar-refractivity contribution < 1.29 is 14.6 Å². The van der Waals surface area contributed by atoms with Gasteiger partial charge in [-0.3, -0.25) is 0 Å². The predicted molar refractivity (Wildman–Crippen MR) is 67.9 cm³/mol. The topological polar surface area (TPSA) is 59.4 Å². The number of carboxylic acids is 1. The second-order valence-electron chi connectivity index (χ2n) is 3.93. The lowest BCUT2D eigenvalue weighted by atomic mass is 10.1. The van der Waals surface area contributed by atoms with E-state index in [0.29, 0.717) is 5.69 Å². The van der Waals surface area contributed by atoms with Gasteiger partial charge >= 0.3 is 5.97 Å². The zero-order valence-electron chi connectivity index (χ0n) is 10.2. The second-order valence-corrected chi connectivity index (χ2v) is 3.93. The highest BCUT2D eigenvalue weighted by Gasteiger charge is 2.13. The highest BCUT2D eigenvalue weighted by molar-refractivity contribution is 5.90. The molecule has 0 amide bonds. The van der Waals surface area contributed by atoms with E-state index in [0.717, 1.165) is 11.1 Å². The predicted octanol–water partition coefficient (Wildman–Crippen LogP) is 2.76. The Balaban J connectivity index is 2.51. The molecule has 92 valence electrons. The van der Waals surface area contributed by atoms with E-state index in [1.165, 1.54) is 13.2 Å². The summed E-state index contributed by atoms with van der Waals surface area (Å²) in [7, 11) is 1.41. The molecule has 0 fully saturated rings. The largest absolute Gasteiger partial charge is 0.480 e. The van der Waals surface area contributed by atoms with Gasteiger partial charge in [0.1, 0.15) is 5.56 Å². The van der Waals surface area contributed by atoms with Gasteiger partial charge in [-0.15, -0.1) is 0 Å². The van der Waals surface area contributed by atoms with Crippen LogP contribution in [0.3, 0.4) is 0 Å². The molecule has 1 aromatic heterocycles. The highest BCUT2D eigenvalue weighted by Crippen LogP contribution is 2.23. The first-order valence-corrected chi connectivity index (χ1v) is 5.47. The van der Waals surface area contributed by atoms with E-state index < -0.39 is 5.97 Å². The van der Waals surface area contributed by atoms with Gasteiger partial charge in [0.2, 0.25) is 5.88 Å². The van der Waals surface area contributed by atoms with Crippen LogP contribution >= 0.6 is 0 Å². The number of hydrogen-bond acceptors (Lipinski definition) is 3. The van der Waals surface area contributed by atoms with Crippen molar-refractivity contribution in [2.75, 3.05) is 7.11 Å². The maximum Gasteiger partial charge on any atom is 0.341 e. The fraction of sp³-hybridized carbons (Fsp3) is 0.143. The average molecular weight is 243 g/mol. The van der Waals surface area contributed by atoms with Crippen molar-refractivity contribution in [1.29, 1.82) is 0 Å². The number of hydrogen-bond donors (Lipinski definition) is 1. The van der Waals surface area contributed by atoms with Crippen LogP contribution in [0, 0.1) is 6.92 Å². The van der Waals surface area contributed by atoms with Gasteiger partial charge in [-0.1, -0.05) is 23.8 Å². The molecule has 1 heterocycles. The monoisotopic (exact) mass is 243 g/mol. The van der Waals surface area contributed by atoms with Gasteiger partial charge in [-0.05, 0) is 25.1 Å². The molecule has 4 heteroatoms. The maximum absolute atomic E-state index is 11.0. The highest BCUT2D eigenvalue weighted by atomic mass is 16.5. The minimum Gasteiger partial charge on any atom is -0.480 e. The van der Waals surface area contributed by atoms with Gasteiger partial charge in [-0.25, -0.2) is 9.78 Å². The summed E-state index contributed by atoms with van der Waals surface area (Å²) in [6.07, 6.45) is 0. The molecule has 0 saturated carbocycles. The molecule has 0 aliphatic rings. The SMILES string of the molecule is COc1nc(-c2cccc(C)c2)ccc1C(=O)O. The molecule has 18 heavy (non-hydrogen) atoms. The number of carboxylic acid groups (broad SMARTS) is 1. The third-order valence-corrected chi connectivity index (χ3v) is 2.60. The van der Waals surface area contributed by atoms with Gasteiger partial charge in [-0.2, -0.15) is 0 Å². The lowest BCUT2D eigenvalue weighted by Gasteiger charge is -2.07. The van der Waals surface area contributed by atoms with Crippen LogP contribution in [0.4, 0.5) is 0 Å². The van der Waals surface area contributed by atoms with Crippen LogP contribution in [-0.4, -0.2) is 23.2 Å². The lowest BCUT2D eigenvalue weighted by Crippen LogP contribution is -2.03. The van der Waals surface area contributed by atoms with E-state index in [9.17, 15) is 4.79 Å². The number of aromatic nitrogens is 1. The molecule has 0 aliphatic carbocycles. The molecular weight excluding hydrogens is 230 g/mol. The molecular formula is C14H13NO3. The first kappa shape index (κ1) is 12.1. The van der Waals surface area contributed by atoms with Crippen LogP contribution in [0.2, 0.25) is 0 Å². The third-order valence-electron chi connectivity index (χ3n) is 2.60. The van der Waals surface area contributed by atoms with Crippen molar-refractivity contribution in [1.82, 2.24) is 4.98 Å². The number of methoxy groups -OCH3 is 1. The summed E-state index contributed by atoms with van der Waals surface area (Å²) in [4.78, 5) is 15.2. The number of rotatable bonds is 3. The summed E-state index contributed by atoms with van der Waals surface area (Å²) >= 11 is 0. The van der Waals surface area contributed by atoms with Crippen molar-refractivity contribution >= 4 is 5.97 Å². The summed E-state index contributed by atoms with van der Waals surface area (Å²) in [5.41, 5.74) is 2.82. The van der Waals surface area contributed by atoms with Crippen molar-refractivity contribution in [3.8, 4) is 17.1 Å². The molecule has 4 nitrogen and oxygen atoms in total. The number of benzene rings is 1. The van der Waals surface area contributed by atoms with Crippen molar-refractivity contribution in [3.05, 3.63) is 47.5 Å². The van der Waals surface area contributed by atoms with Gasteiger partial charge in [0, 0.05) is 5.56 Å².